The van der Waals surface area contributed by atoms with Gasteiger partial charge in [-0.05, 0) is 32.1 Å². The van der Waals surface area contributed by atoms with Gasteiger partial charge in [0, 0.05) is 0 Å². The molecule has 14 heavy (non-hydrogen) atoms. The predicted molar refractivity (Wildman–Crippen MR) is 50.8 cm³/mol. The van der Waals surface area contributed by atoms with E-state index in [1.807, 2.05) is 0 Å². The molecule has 0 amide bonds. The molecule has 1 saturated carbocycles. The Kier molecular flexibility index (Phi) is 3.50. The van der Waals surface area contributed by atoms with E-state index >= 15 is 0 Å². The summed E-state index contributed by atoms with van der Waals surface area (Å²) < 4.78 is 0. The zero-order chi connectivity index (χ0) is 10.8. The standard InChI is InChI=1S/C10H18O4/c1-10(14,9(12)13)6-7-3-2-4-8(11)5-7/h7-8,11,14H,2-6H2,1H3,(H,12,13). The maximum absolute atomic E-state index is 10.7. The first kappa shape index (κ1) is 11.5. The van der Waals surface area contributed by atoms with Crippen LogP contribution in [0, 0.1) is 5.92 Å². The highest BCUT2D eigenvalue weighted by Gasteiger charge is 2.34. The first-order valence-corrected chi connectivity index (χ1v) is 5.05. The predicted octanol–water partition coefficient (Wildman–Crippen LogP) is 0.763. The fraction of sp³-hybridized carbons (Fsp3) is 0.900. The summed E-state index contributed by atoms with van der Waals surface area (Å²) in [4.78, 5) is 10.7. The van der Waals surface area contributed by atoms with Gasteiger partial charge in [-0.2, -0.15) is 0 Å². The molecule has 0 bridgehead atoms. The number of rotatable bonds is 3. The maximum atomic E-state index is 10.7. The molecule has 0 spiro atoms. The molecule has 0 aliphatic heterocycles. The zero-order valence-corrected chi connectivity index (χ0v) is 8.44. The van der Waals surface area contributed by atoms with Gasteiger partial charge < -0.3 is 15.3 Å². The van der Waals surface area contributed by atoms with Crippen LogP contribution in [0.5, 0.6) is 0 Å². The summed E-state index contributed by atoms with van der Waals surface area (Å²) in [6.45, 7) is 1.32. The highest BCUT2D eigenvalue weighted by Crippen LogP contribution is 2.30. The van der Waals surface area contributed by atoms with Gasteiger partial charge in [0.1, 0.15) is 0 Å². The van der Waals surface area contributed by atoms with Crippen molar-refractivity contribution in [2.45, 2.75) is 50.7 Å². The molecule has 82 valence electrons. The lowest BCUT2D eigenvalue weighted by atomic mass is 9.80. The molecule has 1 aliphatic carbocycles. The van der Waals surface area contributed by atoms with Crippen LogP contribution in [0.15, 0.2) is 0 Å². The molecule has 1 aliphatic rings. The highest BCUT2D eigenvalue weighted by atomic mass is 16.4. The summed E-state index contributed by atoms with van der Waals surface area (Å²) in [5, 5.41) is 27.7. The first-order valence-electron chi connectivity index (χ1n) is 5.05. The zero-order valence-electron chi connectivity index (χ0n) is 8.44. The second kappa shape index (κ2) is 4.28. The largest absolute Gasteiger partial charge is 0.479 e. The number of aliphatic hydroxyl groups excluding tert-OH is 1. The lowest BCUT2D eigenvalue weighted by molar-refractivity contribution is -0.158. The number of hydrogen-bond acceptors (Lipinski definition) is 3. The van der Waals surface area contributed by atoms with E-state index in [0.717, 1.165) is 19.3 Å². The van der Waals surface area contributed by atoms with E-state index in [1.165, 1.54) is 6.92 Å². The number of aliphatic carboxylic acids is 1. The quantitative estimate of drug-likeness (QED) is 0.631. The van der Waals surface area contributed by atoms with E-state index in [0.29, 0.717) is 6.42 Å². The average molecular weight is 202 g/mol. The number of hydrogen-bond donors (Lipinski definition) is 3. The minimum atomic E-state index is -1.65. The van der Waals surface area contributed by atoms with Crippen molar-refractivity contribution < 1.29 is 20.1 Å². The van der Waals surface area contributed by atoms with Crippen LogP contribution in [-0.4, -0.2) is 33.0 Å². The van der Waals surface area contributed by atoms with Crippen LogP contribution < -0.4 is 0 Å². The van der Waals surface area contributed by atoms with Gasteiger partial charge in [0.25, 0.3) is 0 Å². The third-order valence-corrected chi connectivity index (χ3v) is 2.90. The molecule has 0 aromatic rings. The molecule has 3 atom stereocenters. The van der Waals surface area contributed by atoms with Crippen molar-refractivity contribution in [3.63, 3.8) is 0 Å². The van der Waals surface area contributed by atoms with Crippen LogP contribution in [0.1, 0.15) is 39.0 Å². The van der Waals surface area contributed by atoms with Gasteiger partial charge in [0.05, 0.1) is 6.10 Å². The van der Waals surface area contributed by atoms with Crippen molar-refractivity contribution in [1.29, 1.82) is 0 Å². The van der Waals surface area contributed by atoms with E-state index in [4.69, 9.17) is 5.11 Å². The summed E-state index contributed by atoms with van der Waals surface area (Å²) in [6.07, 6.45) is 3.15. The van der Waals surface area contributed by atoms with Gasteiger partial charge in [-0.3, -0.25) is 0 Å². The van der Waals surface area contributed by atoms with Gasteiger partial charge in [0.2, 0.25) is 0 Å². The Morgan fingerprint density at radius 1 is 1.50 bits per heavy atom. The van der Waals surface area contributed by atoms with E-state index in [2.05, 4.69) is 0 Å². The summed E-state index contributed by atoms with van der Waals surface area (Å²) in [7, 11) is 0. The Balaban J connectivity index is 2.47. The number of carbonyl (C=O) groups is 1. The molecule has 0 saturated heterocycles. The Morgan fingerprint density at radius 3 is 2.64 bits per heavy atom. The topological polar surface area (TPSA) is 77.8 Å². The highest BCUT2D eigenvalue weighted by molar-refractivity contribution is 5.76. The van der Waals surface area contributed by atoms with Gasteiger partial charge in [0.15, 0.2) is 5.60 Å². The van der Waals surface area contributed by atoms with Crippen LogP contribution in [0.3, 0.4) is 0 Å². The Bertz CT molecular complexity index is 212. The molecule has 4 nitrogen and oxygen atoms in total. The molecular weight excluding hydrogens is 184 g/mol. The van der Waals surface area contributed by atoms with Gasteiger partial charge in [-0.15, -0.1) is 0 Å². The van der Waals surface area contributed by atoms with Crippen molar-refractivity contribution in [3.8, 4) is 0 Å². The molecule has 0 heterocycles. The summed E-state index contributed by atoms with van der Waals surface area (Å²) in [5.41, 5.74) is -1.65. The fourth-order valence-electron chi connectivity index (χ4n) is 2.10. The van der Waals surface area contributed by atoms with Crippen LogP contribution >= 0.6 is 0 Å². The summed E-state index contributed by atoms with van der Waals surface area (Å²) in [6, 6.07) is 0. The molecular formula is C10H18O4. The van der Waals surface area contributed by atoms with E-state index in [-0.39, 0.29) is 18.4 Å². The molecule has 1 fully saturated rings. The molecule has 0 aromatic carbocycles. The van der Waals surface area contributed by atoms with Crippen LogP contribution in [0.4, 0.5) is 0 Å². The smallest absolute Gasteiger partial charge is 0.335 e. The number of carboxylic acids is 1. The van der Waals surface area contributed by atoms with Crippen LogP contribution in [0.25, 0.3) is 0 Å². The van der Waals surface area contributed by atoms with E-state index < -0.39 is 11.6 Å². The van der Waals surface area contributed by atoms with Crippen LogP contribution in [0.2, 0.25) is 0 Å². The number of aliphatic hydroxyl groups is 2. The summed E-state index contributed by atoms with van der Waals surface area (Å²) >= 11 is 0. The second-order valence-electron chi connectivity index (χ2n) is 4.47. The van der Waals surface area contributed by atoms with Crippen molar-refractivity contribution in [3.05, 3.63) is 0 Å². The maximum Gasteiger partial charge on any atom is 0.335 e. The van der Waals surface area contributed by atoms with Crippen molar-refractivity contribution >= 4 is 5.97 Å². The molecule has 3 N–H and O–H groups in total. The van der Waals surface area contributed by atoms with Gasteiger partial charge in [-0.25, -0.2) is 4.79 Å². The van der Waals surface area contributed by atoms with E-state index in [9.17, 15) is 15.0 Å². The Morgan fingerprint density at radius 2 is 2.14 bits per heavy atom. The SMILES string of the molecule is CC(O)(CC1CCCC(O)C1)C(=O)O. The van der Waals surface area contributed by atoms with Crippen LogP contribution in [-0.2, 0) is 4.79 Å². The normalized spacial score (nSPS) is 32.2. The lowest BCUT2D eigenvalue weighted by Crippen LogP contribution is -2.38. The third kappa shape index (κ3) is 2.96. The van der Waals surface area contributed by atoms with Crippen molar-refractivity contribution in [1.82, 2.24) is 0 Å². The minimum Gasteiger partial charge on any atom is -0.479 e. The Labute approximate surface area is 83.6 Å². The minimum absolute atomic E-state index is 0.129. The van der Waals surface area contributed by atoms with Gasteiger partial charge in [-0.1, -0.05) is 12.8 Å². The fourth-order valence-corrected chi connectivity index (χ4v) is 2.10. The lowest BCUT2D eigenvalue weighted by Gasteiger charge is -2.30. The average Bonchev–Trinajstić information content (AvgIpc) is 2.02. The molecule has 4 heteroatoms. The second-order valence-corrected chi connectivity index (χ2v) is 4.47. The van der Waals surface area contributed by atoms with Gasteiger partial charge >= 0.3 is 5.97 Å². The monoisotopic (exact) mass is 202 g/mol. The molecule has 3 unspecified atom stereocenters. The molecule has 1 rings (SSSR count). The Hall–Kier alpha value is -0.610. The third-order valence-electron chi connectivity index (χ3n) is 2.90. The molecule has 0 radical (unpaired) electrons. The van der Waals surface area contributed by atoms with Crippen molar-refractivity contribution in [2.75, 3.05) is 0 Å². The molecule has 0 aromatic heterocycles. The number of carboxylic acid groups (broad SMARTS) is 1. The van der Waals surface area contributed by atoms with E-state index in [1.54, 1.807) is 0 Å². The van der Waals surface area contributed by atoms with Crippen molar-refractivity contribution in [2.24, 2.45) is 5.92 Å². The first-order chi connectivity index (χ1) is 6.42. The summed E-state index contributed by atoms with van der Waals surface area (Å²) in [5.74, 6) is -1.05.